The second-order valence-electron chi connectivity index (χ2n) is 8.14. The van der Waals surface area contributed by atoms with Gasteiger partial charge in [0.05, 0.1) is 18.0 Å². The number of nitrogens with zero attached hydrogens (tertiary/aromatic N) is 8. The molecule has 0 aliphatic rings. The number of anilines is 4. The molecule has 0 saturated carbocycles. The van der Waals surface area contributed by atoms with Crippen LogP contribution in [-0.2, 0) is 4.74 Å². The highest BCUT2D eigenvalue weighted by Crippen LogP contribution is 2.21. The fourth-order valence-electron chi connectivity index (χ4n) is 3.26. The first-order valence-electron chi connectivity index (χ1n) is 11.7. The van der Waals surface area contributed by atoms with E-state index in [1.165, 1.54) is 12.1 Å². The Morgan fingerprint density at radius 3 is 1.52 bits per heavy atom. The van der Waals surface area contributed by atoms with Gasteiger partial charge < -0.3 is 21.1 Å². The number of carbonyl (C=O) groups is 2. The Kier molecular flexibility index (Phi) is 10.1. The molecule has 0 unspecified atom stereocenters. The molecule has 0 radical (unpaired) electrons. The molecule has 0 fully saturated rings. The van der Waals surface area contributed by atoms with Gasteiger partial charge in [-0.15, -0.1) is 20.4 Å². The summed E-state index contributed by atoms with van der Waals surface area (Å²) in [7, 11) is 0. The molecule has 0 aromatic carbocycles. The van der Waals surface area contributed by atoms with Crippen LogP contribution in [0.3, 0.4) is 0 Å². The van der Waals surface area contributed by atoms with Gasteiger partial charge in [-0.2, -0.15) is 0 Å². The number of amides is 1. The van der Waals surface area contributed by atoms with Crippen molar-refractivity contribution in [2.24, 2.45) is 5.73 Å². The number of esters is 1. The smallest absolute Gasteiger partial charge is 0.361 e. The minimum absolute atomic E-state index is 0.0211. The van der Waals surface area contributed by atoms with E-state index in [-0.39, 0.29) is 28.3 Å². The van der Waals surface area contributed by atoms with Crippen molar-refractivity contribution in [3.63, 3.8) is 0 Å². The number of nitrogens with one attached hydrogen (secondary N) is 2. The molecule has 40 heavy (non-hydrogen) atoms. The molecule has 0 aliphatic carbocycles. The third-order valence-corrected chi connectivity index (χ3v) is 5.06. The summed E-state index contributed by atoms with van der Waals surface area (Å²) in [5.41, 5.74) is 9.08. The number of hydrogen-bond donors (Lipinski definition) is 3. The minimum Gasteiger partial charge on any atom is -0.461 e. The van der Waals surface area contributed by atoms with Gasteiger partial charge in [0.25, 0.3) is 5.91 Å². The highest BCUT2D eigenvalue weighted by molar-refractivity contribution is 6.30. The van der Waals surface area contributed by atoms with Gasteiger partial charge in [-0.3, -0.25) is 4.79 Å². The van der Waals surface area contributed by atoms with Crippen LogP contribution in [0.5, 0.6) is 0 Å². The molecule has 16 heteroatoms. The van der Waals surface area contributed by atoms with Gasteiger partial charge >= 0.3 is 5.97 Å². The number of rotatable bonds is 7. The number of ether oxygens (including phenoxy) is 1. The van der Waals surface area contributed by atoms with Crippen LogP contribution in [0, 0.1) is 27.7 Å². The van der Waals surface area contributed by atoms with Gasteiger partial charge in [0.15, 0.2) is 21.7 Å². The number of aryl methyl sites for hydroxylation is 4. The molecular formula is C24H25Cl2N11O3. The van der Waals surface area contributed by atoms with Crippen LogP contribution in [0.2, 0.25) is 10.3 Å². The summed E-state index contributed by atoms with van der Waals surface area (Å²) in [4.78, 5) is 40.0. The molecular weight excluding hydrogens is 561 g/mol. The molecule has 4 aromatic rings. The van der Waals surface area contributed by atoms with E-state index in [1.54, 1.807) is 6.92 Å². The maximum Gasteiger partial charge on any atom is 0.361 e. The van der Waals surface area contributed by atoms with Crippen LogP contribution in [0.15, 0.2) is 24.3 Å². The number of nitrogens with two attached hydrogens (primary N) is 1. The number of primary amides is 1. The zero-order valence-electron chi connectivity index (χ0n) is 22.2. The van der Waals surface area contributed by atoms with Gasteiger partial charge in [-0.25, -0.2) is 24.7 Å². The molecule has 0 spiro atoms. The Labute approximate surface area is 239 Å². The standard InChI is InChI=1S/C13H14ClN5O2.C11H11ClN6O/c1-4-21-12(20)11-9(6-10(14)18-19-11)17-13-15-7(2)5-8(3)16-13;1-5-3-6(2)15-11(14-5)16-7-4-8(12)17-18-9(7)10(13)19/h5-6H,4H2,1-3H3,(H,15,16,17,18);3-4H,1-2H3,(H2,13,19)(H,14,15,16,17). The average Bonchev–Trinajstić information content (AvgIpc) is 2.83. The van der Waals surface area contributed by atoms with Crippen molar-refractivity contribution in [2.75, 3.05) is 17.2 Å². The molecule has 4 aromatic heterocycles. The van der Waals surface area contributed by atoms with E-state index in [9.17, 15) is 9.59 Å². The Balaban J connectivity index is 0.000000222. The van der Waals surface area contributed by atoms with Crippen LogP contribution in [0.4, 0.5) is 23.3 Å². The first-order chi connectivity index (χ1) is 18.9. The molecule has 14 nitrogen and oxygen atoms in total. The Hall–Kier alpha value is -4.56. The molecule has 0 atom stereocenters. The Morgan fingerprint density at radius 2 is 1.12 bits per heavy atom. The zero-order chi connectivity index (χ0) is 29.4. The molecule has 4 heterocycles. The molecule has 0 bridgehead atoms. The quantitative estimate of drug-likeness (QED) is 0.264. The highest BCUT2D eigenvalue weighted by Gasteiger charge is 2.17. The first kappa shape index (κ1) is 30.0. The fourth-order valence-corrected chi connectivity index (χ4v) is 3.56. The lowest BCUT2D eigenvalue weighted by molar-refractivity contribution is 0.0519. The molecule has 0 aliphatic heterocycles. The van der Waals surface area contributed by atoms with Crippen molar-refractivity contribution in [1.82, 2.24) is 40.3 Å². The summed E-state index contributed by atoms with van der Waals surface area (Å²) in [5.74, 6) is -0.615. The maximum absolute atomic E-state index is 11.9. The average molecular weight is 586 g/mol. The lowest BCUT2D eigenvalue weighted by atomic mass is 10.3. The van der Waals surface area contributed by atoms with Crippen molar-refractivity contribution in [2.45, 2.75) is 34.6 Å². The van der Waals surface area contributed by atoms with Crippen molar-refractivity contribution in [3.05, 3.63) is 68.7 Å². The number of hydrogen-bond acceptors (Lipinski definition) is 13. The Morgan fingerprint density at radius 1 is 0.725 bits per heavy atom. The van der Waals surface area contributed by atoms with Crippen LogP contribution in [-0.4, -0.2) is 58.8 Å². The van der Waals surface area contributed by atoms with E-state index in [1.807, 2.05) is 39.8 Å². The summed E-state index contributed by atoms with van der Waals surface area (Å²) in [6, 6.07) is 6.59. The van der Waals surface area contributed by atoms with Crippen LogP contribution >= 0.6 is 23.2 Å². The third-order valence-electron chi connectivity index (χ3n) is 4.69. The molecule has 0 saturated heterocycles. The van der Waals surface area contributed by atoms with Crippen molar-refractivity contribution < 1.29 is 14.3 Å². The summed E-state index contributed by atoms with van der Waals surface area (Å²) in [6.45, 7) is 9.33. The van der Waals surface area contributed by atoms with Crippen molar-refractivity contribution >= 4 is 58.3 Å². The van der Waals surface area contributed by atoms with Gasteiger partial charge in [0.1, 0.15) is 0 Å². The maximum atomic E-state index is 11.9. The SMILES string of the molecule is CCOC(=O)c1nnc(Cl)cc1Nc1nc(C)cc(C)n1.Cc1cc(C)nc(Nc2cc(Cl)nnc2C(N)=O)n1. The highest BCUT2D eigenvalue weighted by atomic mass is 35.5. The van der Waals surface area contributed by atoms with E-state index in [0.717, 1.165) is 22.8 Å². The normalized spacial score (nSPS) is 10.3. The number of carbonyl (C=O) groups excluding carboxylic acids is 2. The molecule has 4 N–H and O–H groups in total. The Bertz CT molecular complexity index is 1510. The van der Waals surface area contributed by atoms with Gasteiger partial charge in [-0.05, 0) is 46.8 Å². The summed E-state index contributed by atoms with van der Waals surface area (Å²) < 4.78 is 4.93. The van der Waals surface area contributed by atoms with Crippen molar-refractivity contribution in [3.8, 4) is 0 Å². The fraction of sp³-hybridized carbons (Fsp3) is 0.250. The number of aromatic nitrogens is 8. The van der Waals surface area contributed by atoms with E-state index < -0.39 is 11.9 Å². The predicted molar refractivity (Wildman–Crippen MR) is 148 cm³/mol. The molecule has 1 amide bonds. The topological polar surface area (TPSA) is 197 Å². The summed E-state index contributed by atoms with van der Waals surface area (Å²) in [6.07, 6.45) is 0. The summed E-state index contributed by atoms with van der Waals surface area (Å²) in [5, 5.41) is 20.7. The lowest BCUT2D eigenvalue weighted by Gasteiger charge is -2.10. The third kappa shape index (κ3) is 8.47. The minimum atomic E-state index is -0.712. The van der Waals surface area contributed by atoms with Crippen molar-refractivity contribution in [1.29, 1.82) is 0 Å². The van der Waals surface area contributed by atoms with Gasteiger partial charge in [-0.1, -0.05) is 23.2 Å². The van der Waals surface area contributed by atoms with Crippen LogP contribution in [0.1, 0.15) is 50.7 Å². The van der Waals surface area contributed by atoms with Crippen LogP contribution in [0.25, 0.3) is 0 Å². The van der Waals surface area contributed by atoms with Crippen LogP contribution < -0.4 is 16.4 Å². The zero-order valence-corrected chi connectivity index (χ0v) is 23.7. The lowest BCUT2D eigenvalue weighted by Crippen LogP contribution is -2.16. The summed E-state index contributed by atoms with van der Waals surface area (Å²) >= 11 is 11.6. The van der Waals surface area contributed by atoms with Gasteiger partial charge in [0.2, 0.25) is 11.9 Å². The van der Waals surface area contributed by atoms with E-state index in [4.69, 9.17) is 33.7 Å². The number of halogens is 2. The van der Waals surface area contributed by atoms with E-state index >= 15 is 0 Å². The van der Waals surface area contributed by atoms with E-state index in [0.29, 0.717) is 23.3 Å². The molecule has 4 rings (SSSR count). The van der Waals surface area contributed by atoms with Gasteiger partial charge in [0, 0.05) is 34.9 Å². The predicted octanol–water partition coefficient (Wildman–Crippen LogP) is 3.84. The van der Waals surface area contributed by atoms with E-state index in [2.05, 4.69) is 51.0 Å². The largest absolute Gasteiger partial charge is 0.461 e. The monoisotopic (exact) mass is 585 g/mol. The molecule has 208 valence electrons. The first-order valence-corrected chi connectivity index (χ1v) is 12.4. The second-order valence-corrected chi connectivity index (χ2v) is 8.92. The second kappa shape index (κ2) is 13.5.